The van der Waals surface area contributed by atoms with Gasteiger partial charge in [0.05, 0.1) is 6.04 Å². The van der Waals surface area contributed by atoms with Gasteiger partial charge in [0, 0.05) is 42.8 Å². The van der Waals surface area contributed by atoms with E-state index in [9.17, 15) is 4.79 Å². The number of amides is 1. The minimum Gasteiger partial charge on any atom is -0.343 e. The summed E-state index contributed by atoms with van der Waals surface area (Å²) in [5, 5.41) is 4.90. The maximum absolute atomic E-state index is 13.0. The molecule has 1 aromatic heterocycles. The molecule has 2 aromatic rings. The van der Waals surface area contributed by atoms with Crippen LogP contribution < -0.4 is 5.32 Å². The van der Waals surface area contributed by atoms with Crippen LogP contribution in [0.5, 0.6) is 0 Å². The highest BCUT2D eigenvalue weighted by molar-refractivity contribution is 5.88. The van der Waals surface area contributed by atoms with E-state index in [2.05, 4.69) is 46.0 Å². The van der Waals surface area contributed by atoms with Crippen LogP contribution in [0.3, 0.4) is 0 Å². The van der Waals surface area contributed by atoms with Crippen LogP contribution in [0.4, 0.5) is 0 Å². The van der Waals surface area contributed by atoms with E-state index in [0.29, 0.717) is 5.91 Å². The molecule has 4 rings (SSSR count). The number of nitrogens with zero attached hydrogens (tertiary/aromatic N) is 2. The molecule has 0 unspecified atom stereocenters. The summed E-state index contributed by atoms with van der Waals surface area (Å²) in [5.41, 5.74) is 4.12. The lowest BCUT2D eigenvalue weighted by Gasteiger charge is -2.33. The first kappa shape index (κ1) is 20.2. The molecule has 4 nitrogen and oxygen atoms in total. The van der Waals surface area contributed by atoms with Gasteiger partial charge in [-0.3, -0.25) is 10.1 Å². The molecule has 2 aliphatic heterocycles. The van der Waals surface area contributed by atoms with Crippen molar-refractivity contribution in [2.75, 3.05) is 13.1 Å². The van der Waals surface area contributed by atoms with Crippen molar-refractivity contribution in [2.45, 2.75) is 71.0 Å². The van der Waals surface area contributed by atoms with E-state index in [1.54, 1.807) is 0 Å². The second kappa shape index (κ2) is 9.11. The second-order valence-corrected chi connectivity index (χ2v) is 7.82. The number of carbonyl (C=O) groups excluding carboxylic acids is 1. The molecule has 1 N–H and O–H groups in total. The van der Waals surface area contributed by atoms with E-state index in [4.69, 9.17) is 0 Å². The normalized spacial score (nSPS) is 19.6. The molecule has 0 spiro atoms. The van der Waals surface area contributed by atoms with Crippen LogP contribution in [0.1, 0.15) is 56.7 Å². The Hall–Kier alpha value is -1.52. The number of piperidine rings is 1. The maximum atomic E-state index is 13.0. The molecule has 148 valence electrons. The number of carbonyl (C=O) groups is 1. The summed E-state index contributed by atoms with van der Waals surface area (Å²) in [6.45, 7) is 6.00. The van der Waals surface area contributed by atoms with Gasteiger partial charge in [-0.25, -0.2) is 0 Å². The van der Waals surface area contributed by atoms with Crippen molar-refractivity contribution in [3.05, 3.63) is 35.5 Å². The Morgan fingerprint density at radius 1 is 1.15 bits per heavy atom. The summed E-state index contributed by atoms with van der Waals surface area (Å²) >= 11 is 0. The van der Waals surface area contributed by atoms with Crippen LogP contribution in [-0.4, -0.2) is 34.5 Å². The molecule has 5 heteroatoms. The van der Waals surface area contributed by atoms with E-state index in [1.165, 1.54) is 47.8 Å². The topological polar surface area (TPSA) is 37.3 Å². The van der Waals surface area contributed by atoms with Crippen molar-refractivity contribution in [1.82, 2.24) is 14.8 Å². The van der Waals surface area contributed by atoms with Crippen LogP contribution in [0.15, 0.2) is 24.3 Å². The molecule has 0 bridgehead atoms. The van der Waals surface area contributed by atoms with Gasteiger partial charge in [-0.1, -0.05) is 38.0 Å². The van der Waals surface area contributed by atoms with Crippen molar-refractivity contribution in [1.29, 1.82) is 0 Å². The Morgan fingerprint density at radius 3 is 2.70 bits per heavy atom. The molecule has 2 aliphatic rings. The van der Waals surface area contributed by atoms with Gasteiger partial charge in [0.1, 0.15) is 0 Å². The standard InChI is InChI=1S/C22H31N3O.ClH/c1-2-3-7-14-25-20-11-6-5-10-17(20)18-15-19(23-16-21(18)25)22(26)24-12-8-4-9-13-24;/h5-6,10-11,19,23H,2-4,7-9,12-16H2,1H3;1H/t19-;/m1./s1. The predicted molar refractivity (Wildman–Crippen MR) is 113 cm³/mol. The Morgan fingerprint density at radius 2 is 1.93 bits per heavy atom. The number of fused-ring (bicyclic) bond motifs is 3. The molecule has 1 fully saturated rings. The number of aryl methyl sites for hydroxylation is 1. The van der Waals surface area contributed by atoms with E-state index in [-0.39, 0.29) is 18.4 Å². The smallest absolute Gasteiger partial charge is 0.240 e. The molecule has 0 aliphatic carbocycles. The molecule has 1 saturated heterocycles. The fraction of sp³-hybridized carbons (Fsp3) is 0.591. The van der Waals surface area contributed by atoms with E-state index < -0.39 is 0 Å². The molecule has 3 heterocycles. The Bertz CT molecular complexity index is 779. The molecule has 1 aromatic carbocycles. The Balaban J connectivity index is 0.00000210. The number of aromatic nitrogens is 1. The van der Waals surface area contributed by atoms with Gasteiger partial charge < -0.3 is 9.47 Å². The molecule has 1 atom stereocenters. The molecular formula is C22H32ClN3O. The molecule has 0 saturated carbocycles. The third-order valence-electron chi connectivity index (χ3n) is 6.07. The van der Waals surface area contributed by atoms with Crippen molar-refractivity contribution >= 4 is 29.2 Å². The Labute approximate surface area is 168 Å². The highest BCUT2D eigenvalue weighted by Crippen LogP contribution is 2.31. The second-order valence-electron chi connectivity index (χ2n) is 7.82. The first-order valence-corrected chi connectivity index (χ1v) is 10.4. The average Bonchev–Trinajstić information content (AvgIpc) is 3.02. The number of likely N-dealkylation sites (tertiary alicyclic amines) is 1. The lowest BCUT2D eigenvalue weighted by atomic mass is 9.97. The van der Waals surface area contributed by atoms with E-state index >= 15 is 0 Å². The van der Waals surface area contributed by atoms with Gasteiger partial charge in [-0.15, -0.1) is 12.4 Å². The van der Waals surface area contributed by atoms with Gasteiger partial charge in [-0.2, -0.15) is 0 Å². The summed E-state index contributed by atoms with van der Waals surface area (Å²) in [5.74, 6) is 0.304. The number of hydrogen-bond donors (Lipinski definition) is 1. The number of nitrogens with one attached hydrogen (secondary N) is 1. The van der Waals surface area contributed by atoms with Gasteiger partial charge in [0.25, 0.3) is 0 Å². The minimum atomic E-state index is -0.0597. The number of hydrogen-bond acceptors (Lipinski definition) is 2. The zero-order chi connectivity index (χ0) is 17.9. The van der Waals surface area contributed by atoms with Crippen molar-refractivity contribution in [3.8, 4) is 0 Å². The average molecular weight is 390 g/mol. The first-order valence-electron chi connectivity index (χ1n) is 10.4. The van der Waals surface area contributed by atoms with Crippen LogP contribution in [0.25, 0.3) is 10.9 Å². The molecule has 1 amide bonds. The summed E-state index contributed by atoms with van der Waals surface area (Å²) in [6.07, 6.45) is 8.12. The SMILES string of the molecule is CCCCCn1c2c(c3ccccc31)C[C@H](C(=O)N1CCCCC1)NC2.Cl. The zero-order valence-electron chi connectivity index (χ0n) is 16.4. The molecule has 0 radical (unpaired) electrons. The van der Waals surface area contributed by atoms with Crippen molar-refractivity contribution in [3.63, 3.8) is 0 Å². The van der Waals surface area contributed by atoms with E-state index in [0.717, 1.165) is 45.4 Å². The summed E-state index contributed by atoms with van der Waals surface area (Å²) in [4.78, 5) is 15.0. The fourth-order valence-electron chi connectivity index (χ4n) is 4.64. The third kappa shape index (κ3) is 4.02. The van der Waals surface area contributed by atoms with Crippen molar-refractivity contribution < 1.29 is 4.79 Å². The number of rotatable bonds is 5. The minimum absolute atomic E-state index is 0. The zero-order valence-corrected chi connectivity index (χ0v) is 17.2. The van der Waals surface area contributed by atoms with Crippen molar-refractivity contribution in [2.24, 2.45) is 0 Å². The number of benzene rings is 1. The first-order chi connectivity index (χ1) is 12.8. The van der Waals surface area contributed by atoms with Gasteiger partial charge in [0.2, 0.25) is 5.91 Å². The lowest BCUT2D eigenvalue weighted by molar-refractivity contribution is -0.134. The molecular weight excluding hydrogens is 358 g/mol. The van der Waals surface area contributed by atoms with Crippen LogP contribution in [0.2, 0.25) is 0 Å². The number of unbranched alkanes of at least 4 members (excludes halogenated alkanes) is 2. The summed E-state index contributed by atoms with van der Waals surface area (Å²) < 4.78 is 2.49. The Kier molecular flexibility index (Phi) is 6.83. The predicted octanol–water partition coefficient (Wildman–Crippen LogP) is 4.28. The maximum Gasteiger partial charge on any atom is 0.240 e. The quantitative estimate of drug-likeness (QED) is 0.775. The van der Waals surface area contributed by atoms with Gasteiger partial charge in [-0.05, 0) is 43.7 Å². The number of halogens is 1. The van der Waals surface area contributed by atoms with E-state index in [1.807, 2.05) is 0 Å². The van der Waals surface area contributed by atoms with Gasteiger partial charge >= 0.3 is 0 Å². The third-order valence-corrected chi connectivity index (χ3v) is 6.07. The van der Waals surface area contributed by atoms with Crippen LogP contribution in [0, 0.1) is 0 Å². The monoisotopic (exact) mass is 389 g/mol. The largest absolute Gasteiger partial charge is 0.343 e. The highest BCUT2D eigenvalue weighted by Gasteiger charge is 2.31. The number of para-hydroxylation sites is 1. The van der Waals surface area contributed by atoms with Crippen LogP contribution >= 0.6 is 12.4 Å². The highest BCUT2D eigenvalue weighted by atomic mass is 35.5. The summed E-state index contributed by atoms with van der Waals surface area (Å²) in [6, 6.07) is 8.67. The summed E-state index contributed by atoms with van der Waals surface area (Å²) in [7, 11) is 0. The lowest BCUT2D eigenvalue weighted by Crippen LogP contribution is -2.50. The molecule has 27 heavy (non-hydrogen) atoms. The van der Waals surface area contributed by atoms with Gasteiger partial charge in [0.15, 0.2) is 0 Å². The van der Waals surface area contributed by atoms with Crippen LogP contribution in [-0.2, 0) is 24.3 Å². The fourth-order valence-corrected chi connectivity index (χ4v) is 4.64.